The van der Waals surface area contributed by atoms with E-state index in [0.29, 0.717) is 0 Å². The van der Waals surface area contributed by atoms with Gasteiger partial charge in [-0.15, -0.1) is 0 Å². The first-order chi connectivity index (χ1) is 8.17. The predicted molar refractivity (Wildman–Crippen MR) is 66.3 cm³/mol. The van der Waals surface area contributed by atoms with Crippen LogP contribution in [0.15, 0.2) is 23.0 Å². The van der Waals surface area contributed by atoms with Gasteiger partial charge in [0, 0.05) is 0 Å². The molecule has 8 heteroatoms. The molecule has 0 heterocycles. The third-order valence-electron chi connectivity index (χ3n) is 2.08. The summed E-state index contributed by atoms with van der Waals surface area (Å²) in [5.41, 5.74) is 0. The Balaban J connectivity index is 4.36. The Morgan fingerprint density at radius 2 is 1.11 bits per heavy atom. The molecule has 0 bridgehead atoms. The maximum absolute atomic E-state index is 11.3. The summed E-state index contributed by atoms with van der Waals surface area (Å²) in [5, 5.41) is 16.8. The topological polar surface area (TPSA) is 116 Å². The molecule has 0 aromatic heterocycles. The summed E-state index contributed by atoms with van der Waals surface area (Å²) in [6, 6.07) is 2.86. The molecule has 0 aromatic carbocycles. The lowest BCUT2D eigenvalue weighted by molar-refractivity contribution is 0.592. The number of nitriles is 2. The number of nitrogens with zero attached hydrogens (tertiary/aromatic N) is 2. The molecule has 0 amide bonds. The minimum absolute atomic E-state index is 0.0704. The molecule has 0 aliphatic heterocycles. The van der Waals surface area contributed by atoms with Gasteiger partial charge in [0.1, 0.15) is 21.9 Å². The highest BCUT2D eigenvalue weighted by Gasteiger charge is 2.18. The Morgan fingerprint density at radius 3 is 1.33 bits per heavy atom. The van der Waals surface area contributed by atoms with Gasteiger partial charge in [-0.1, -0.05) is 13.2 Å². The minimum Gasteiger partial charge on any atom is -0.223 e. The number of allylic oxidation sites excluding steroid dienone is 2. The summed E-state index contributed by atoms with van der Waals surface area (Å²) in [6.45, 7) is 6.18. The molecule has 0 atom stereocenters. The third-order valence-corrected chi connectivity index (χ3v) is 5.41. The van der Waals surface area contributed by atoms with Crippen molar-refractivity contribution in [2.24, 2.45) is 0 Å². The Kier molecular flexibility index (Phi) is 5.76. The number of sulfone groups is 2. The van der Waals surface area contributed by atoms with Gasteiger partial charge in [-0.25, -0.2) is 16.8 Å². The van der Waals surface area contributed by atoms with Crippen molar-refractivity contribution in [1.29, 1.82) is 10.5 Å². The van der Waals surface area contributed by atoms with Crippen LogP contribution >= 0.6 is 0 Å². The second-order valence-corrected chi connectivity index (χ2v) is 7.68. The molecule has 0 aliphatic rings. The average Bonchev–Trinajstić information content (AvgIpc) is 2.32. The molecule has 6 nitrogen and oxygen atoms in total. The fourth-order valence-electron chi connectivity index (χ4n) is 0.970. The Bertz CT molecular complexity index is 572. The molecule has 0 fully saturated rings. The van der Waals surface area contributed by atoms with Crippen LogP contribution in [0.3, 0.4) is 0 Å². The van der Waals surface area contributed by atoms with Crippen LogP contribution in [-0.4, -0.2) is 28.3 Å². The van der Waals surface area contributed by atoms with Crippen LogP contribution in [0, 0.1) is 22.7 Å². The van der Waals surface area contributed by atoms with Gasteiger partial charge in [0.25, 0.3) is 0 Å². The number of rotatable bonds is 7. The van der Waals surface area contributed by atoms with Crippen molar-refractivity contribution in [3.63, 3.8) is 0 Å². The molecule has 18 heavy (non-hydrogen) atoms. The zero-order chi connectivity index (χ0) is 14.4. The van der Waals surface area contributed by atoms with E-state index in [1.54, 1.807) is 0 Å². The van der Waals surface area contributed by atoms with Crippen molar-refractivity contribution < 1.29 is 16.8 Å². The Morgan fingerprint density at radius 1 is 0.833 bits per heavy atom. The fourth-order valence-corrected chi connectivity index (χ4v) is 2.91. The standard InChI is InChI=1S/C10H12N2O4S2/c1-9(7-11)17(13,14)5-3-4-6-18(15,16)10(2)8-12/h1-6H2. The highest BCUT2D eigenvalue weighted by molar-refractivity contribution is 7.95. The van der Waals surface area contributed by atoms with Crippen LogP contribution < -0.4 is 0 Å². The molecular weight excluding hydrogens is 276 g/mol. The van der Waals surface area contributed by atoms with Crippen molar-refractivity contribution in [3.8, 4) is 12.1 Å². The number of hydrogen-bond acceptors (Lipinski definition) is 6. The van der Waals surface area contributed by atoms with E-state index in [-0.39, 0.29) is 24.3 Å². The quantitative estimate of drug-likeness (QED) is 0.502. The van der Waals surface area contributed by atoms with Gasteiger partial charge in [-0.2, -0.15) is 10.5 Å². The zero-order valence-corrected chi connectivity index (χ0v) is 11.2. The van der Waals surface area contributed by atoms with Gasteiger partial charge in [-0.3, -0.25) is 0 Å². The van der Waals surface area contributed by atoms with Crippen LogP contribution in [0.2, 0.25) is 0 Å². The van der Waals surface area contributed by atoms with Gasteiger partial charge in [0.15, 0.2) is 19.7 Å². The smallest absolute Gasteiger partial charge is 0.187 e. The first-order valence-corrected chi connectivity index (χ1v) is 8.11. The fraction of sp³-hybridized carbons (Fsp3) is 0.400. The average molecular weight is 288 g/mol. The van der Waals surface area contributed by atoms with Crippen molar-refractivity contribution in [3.05, 3.63) is 23.0 Å². The molecule has 0 rings (SSSR count). The van der Waals surface area contributed by atoms with E-state index < -0.39 is 29.5 Å². The lowest BCUT2D eigenvalue weighted by Crippen LogP contribution is -2.11. The van der Waals surface area contributed by atoms with E-state index in [2.05, 4.69) is 13.2 Å². The van der Waals surface area contributed by atoms with Crippen LogP contribution in [0.25, 0.3) is 0 Å². The molecule has 0 aromatic rings. The van der Waals surface area contributed by atoms with E-state index in [0.717, 1.165) is 0 Å². The lowest BCUT2D eigenvalue weighted by atomic mass is 10.4. The molecule has 0 unspecified atom stereocenters. The third kappa shape index (κ3) is 4.70. The van der Waals surface area contributed by atoms with Crippen LogP contribution in [0.4, 0.5) is 0 Å². The molecule has 0 aliphatic carbocycles. The summed E-state index contributed by atoms with van der Waals surface area (Å²) in [6.07, 6.45) is 0.141. The first-order valence-electron chi connectivity index (χ1n) is 4.81. The summed E-state index contributed by atoms with van der Waals surface area (Å²) in [5.74, 6) is -0.679. The molecule has 0 spiro atoms. The van der Waals surface area contributed by atoms with Crippen molar-refractivity contribution in [2.45, 2.75) is 12.8 Å². The van der Waals surface area contributed by atoms with Crippen molar-refractivity contribution in [1.82, 2.24) is 0 Å². The Hall–Kier alpha value is -1.64. The van der Waals surface area contributed by atoms with Crippen molar-refractivity contribution in [2.75, 3.05) is 11.5 Å². The first kappa shape index (κ1) is 16.4. The molecule has 98 valence electrons. The molecule has 0 radical (unpaired) electrons. The lowest BCUT2D eigenvalue weighted by Gasteiger charge is -2.02. The number of unbranched alkanes of at least 4 members (excludes halogenated alkanes) is 1. The maximum Gasteiger partial charge on any atom is 0.187 e. The van der Waals surface area contributed by atoms with Gasteiger partial charge in [0.2, 0.25) is 0 Å². The maximum atomic E-state index is 11.3. The zero-order valence-electron chi connectivity index (χ0n) is 9.59. The molecule has 0 N–H and O–H groups in total. The summed E-state index contributed by atoms with van der Waals surface area (Å²) in [7, 11) is -7.38. The van der Waals surface area contributed by atoms with Gasteiger partial charge < -0.3 is 0 Å². The molecule has 0 saturated heterocycles. The molecule has 0 saturated carbocycles. The SMILES string of the molecule is C=C(C#N)S(=O)(=O)CCCCS(=O)(=O)C(=C)C#N. The second kappa shape index (κ2) is 6.34. The minimum atomic E-state index is -3.69. The van der Waals surface area contributed by atoms with Crippen LogP contribution in [0.1, 0.15) is 12.8 Å². The summed E-state index contributed by atoms with van der Waals surface area (Å²) >= 11 is 0. The second-order valence-electron chi connectivity index (χ2n) is 3.41. The highest BCUT2D eigenvalue weighted by Crippen LogP contribution is 2.10. The van der Waals surface area contributed by atoms with Gasteiger partial charge >= 0.3 is 0 Å². The van der Waals surface area contributed by atoms with E-state index in [4.69, 9.17) is 10.5 Å². The number of hydrogen-bond donors (Lipinski definition) is 0. The molecular formula is C10H12N2O4S2. The summed E-state index contributed by atoms with van der Waals surface area (Å²) in [4.78, 5) is -1.07. The normalized spacial score (nSPS) is 11.2. The van der Waals surface area contributed by atoms with Crippen LogP contribution in [-0.2, 0) is 19.7 Å². The van der Waals surface area contributed by atoms with E-state index in [1.165, 1.54) is 12.1 Å². The van der Waals surface area contributed by atoms with E-state index >= 15 is 0 Å². The Labute approximate surface area is 107 Å². The monoisotopic (exact) mass is 288 g/mol. The van der Waals surface area contributed by atoms with Crippen molar-refractivity contribution >= 4 is 19.7 Å². The van der Waals surface area contributed by atoms with Gasteiger partial charge in [0.05, 0.1) is 11.5 Å². The van der Waals surface area contributed by atoms with E-state index in [1.807, 2.05) is 0 Å². The van der Waals surface area contributed by atoms with E-state index in [9.17, 15) is 16.8 Å². The van der Waals surface area contributed by atoms with Gasteiger partial charge in [-0.05, 0) is 12.8 Å². The van der Waals surface area contributed by atoms with Crippen LogP contribution in [0.5, 0.6) is 0 Å². The largest absolute Gasteiger partial charge is 0.223 e. The highest BCUT2D eigenvalue weighted by atomic mass is 32.2. The predicted octanol–water partition coefficient (Wildman–Crippen LogP) is 0.671. The summed E-state index contributed by atoms with van der Waals surface area (Å²) < 4.78 is 45.3.